The average Bonchev–Trinajstić information content (AvgIpc) is 3.21. The number of likely N-dealkylation sites (tertiary alicyclic amines) is 1. The summed E-state index contributed by atoms with van der Waals surface area (Å²) in [7, 11) is -3.80. The molecule has 186 valence electrons. The molecule has 2 heterocycles. The predicted molar refractivity (Wildman–Crippen MR) is 130 cm³/mol. The first-order valence-electron chi connectivity index (χ1n) is 12.1. The van der Waals surface area contributed by atoms with Crippen molar-refractivity contribution in [1.82, 2.24) is 9.21 Å². The smallest absolute Gasteiger partial charge is 0.410 e. The van der Waals surface area contributed by atoms with Gasteiger partial charge in [-0.1, -0.05) is 48.0 Å². The number of nitrogens with zero attached hydrogens (tertiary/aromatic N) is 2. The summed E-state index contributed by atoms with van der Waals surface area (Å²) in [5, 5.41) is 0. The molecule has 3 fully saturated rings. The number of amides is 1. The third-order valence-electron chi connectivity index (χ3n) is 7.73. The van der Waals surface area contributed by atoms with Crippen LogP contribution in [0, 0.1) is 18.3 Å². The van der Waals surface area contributed by atoms with Gasteiger partial charge in [0.1, 0.15) is 6.61 Å². The summed E-state index contributed by atoms with van der Waals surface area (Å²) >= 11 is 0. The summed E-state index contributed by atoms with van der Waals surface area (Å²) in [5.74, 6) is -0.634. The Kier molecular flexibility index (Phi) is 6.19. The lowest BCUT2D eigenvalue weighted by molar-refractivity contribution is -0.127. The summed E-state index contributed by atoms with van der Waals surface area (Å²) in [4.78, 5) is 28.4. The van der Waals surface area contributed by atoms with E-state index in [9.17, 15) is 18.0 Å². The summed E-state index contributed by atoms with van der Waals surface area (Å²) < 4.78 is 33.6. The van der Waals surface area contributed by atoms with Crippen molar-refractivity contribution in [3.8, 4) is 0 Å². The topological polar surface area (TPSA) is 110 Å². The molecule has 1 saturated carbocycles. The lowest BCUT2D eigenvalue weighted by Crippen LogP contribution is -2.45. The number of aryl methyl sites for hydroxylation is 1. The van der Waals surface area contributed by atoms with Gasteiger partial charge in [0.2, 0.25) is 10.0 Å². The van der Waals surface area contributed by atoms with Crippen LogP contribution in [0.3, 0.4) is 0 Å². The normalized spacial score (nSPS) is 28.4. The quantitative estimate of drug-likeness (QED) is 0.657. The van der Waals surface area contributed by atoms with Crippen molar-refractivity contribution in [2.75, 3.05) is 19.6 Å². The second-order valence-corrected chi connectivity index (χ2v) is 11.9. The van der Waals surface area contributed by atoms with Crippen LogP contribution in [-0.4, -0.2) is 61.2 Å². The molecular formula is C26H31N3O5S. The Bertz CT molecular complexity index is 1220. The Labute approximate surface area is 206 Å². The zero-order valence-corrected chi connectivity index (χ0v) is 20.6. The van der Waals surface area contributed by atoms with E-state index in [0.717, 1.165) is 11.1 Å². The standard InChI is InChI=1S/C26H31N3O5S/c1-18-9-11-20(12-10-18)35(32,33)29-13-5-8-22(29)24(30)21-15-28(17-26(21)14-23(26)27)25(31)34-16-19-6-3-2-4-7-19/h2-4,6-7,9-12,21-23H,5,8,13-17,27H2,1H3/t21?,22-,23?,26?/m1/s1. The van der Waals surface area contributed by atoms with Gasteiger partial charge >= 0.3 is 6.09 Å². The van der Waals surface area contributed by atoms with E-state index in [0.29, 0.717) is 32.4 Å². The third-order valence-corrected chi connectivity index (χ3v) is 9.65. The number of carbonyl (C=O) groups excluding carboxylic acids is 2. The van der Waals surface area contributed by atoms with Crippen LogP contribution in [0.25, 0.3) is 0 Å². The van der Waals surface area contributed by atoms with Crippen LogP contribution in [0.4, 0.5) is 4.79 Å². The van der Waals surface area contributed by atoms with Gasteiger partial charge in [-0.3, -0.25) is 4.79 Å². The van der Waals surface area contributed by atoms with Gasteiger partial charge in [0.05, 0.1) is 10.9 Å². The van der Waals surface area contributed by atoms with Crippen LogP contribution in [0.2, 0.25) is 0 Å². The first kappa shape index (κ1) is 24.0. The number of benzene rings is 2. The van der Waals surface area contributed by atoms with Crippen LogP contribution in [0.5, 0.6) is 0 Å². The van der Waals surface area contributed by atoms with E-state index in [-0.39, 0.29) is 29.9 Å². The number of rotatable bonds is 6. The maximum Gasteiger partial charge on any atom is 0.410 e. The van der Waals surface area contributed by atoms with Crippen LogP contribution >= 0.6 is 0 Å². The van der Waals surface area contributed by atoms with Gasteiger partial charge in [0.15, 0.2) is 5.78 Å². The second kappa shape index (κ2) is 9.04. The molecule has 2 aromatic rings. The fraction of sp³-hybridized carbons (Fsp3) is 0.462. The van der Waals surface area contributed by atoms with Crippen molar-refractivity contribution in [1.29, 1.82) is 0 Å². The van der Waals surface area contributed by atoms with Crippen molar-refractivity contribution in [3.63, 3.8) is 0 Å². The minimum Gasteiger partial charge on any atom is -0.445 e. The largest absolute Gasteiger partial charge is 0.445 e. The van der Waals surface area contributed by atoms with Crippen LogP contribution in [0.15, 0.2) is 59.5 Å². The SMILES string of the molecule is Cc1ccc(S(=O)(=O)N2CCC[C@@H]2C(=O)C2CN(C(=O)OCc3ccccc3)CC23CC3N)cc1. The molecule has 0 bridgehead atoms. The van der Waals surface area contributed by atoms with E-state index in [4.69, 9.17) is 10.5 Å². The lowest BCUT2D eigenvalue weighted by Gasteiger charge is -2.27. The van der Waals surface area contributed by atoms with E-state index in [1.165, 1.54) is 4.31 Å². The lowest BCUT2D eigenvalue weighted by atomic mass is 9.85. The van der Waals surface area contributed by atoms with E-state index in [1.54, 1.807) is 29.2 Å². The Morgan fingerprint density at radius 1 is 1.11 bits per heavy atom. The van der Waals surface area contributed by atoms with Crippen molar-refractivity contribution >= 4 is 21.9 Å². The highest BCUT2D eigenvalue weighted by molar-refractivity contribution is 7.89. The zero-order chi connectivity index (χ0) is 24.8. The van der Waals surface area contributed by atoms with Gasteiger partial charge in [-0.05, 0) is 43.9 Å². The maximum atomic E-state index is 13.8. The van der Waals surface area contributed by atoms with E-state index >= 15 is 0 Å². The highest BCUT2D eigenvalue weighted by Crippen LogP contribution is 2.56. The maximum absolute atomic E-state index is 13.8. The van der Waals surface area contributed by atoms with Crippen molar-refractivity contribution in [3.05, 3.63) is 65.7 Å². The monoisotopic (exact) mass is 497 g/mol. The summed E-state index contributed by atoms with van der Waals surface area (Å²) in [6.07, 6.45) is 1.27. The number of hydrogen-bond donors (Lipinski definition) is 1. The first-order valence-corrected chi connectivity index (χ1v) is 13.5. The minimum absolute atomic E-state index is 0.135. The number of sulfonamides is 1. The molecule has 2 saturated heterocycles. The summed E-state index contributed by atoms with van der Waals surface area (Å²) in [6.45, 7) is 2.92. The second-order valence-electron chi connectivity index (χ2n) is 10.0. The van der Waals surface area contributed by atoms with Crippen molar-refractivity contribution in [2.24, 2.45) is 17.1 Å². The molecule has 9 heteroatoms. The Balaban J connectivity index is 1.31. The molecule has 4 atom stereocenters. The first-order chi connectivity index (χ1) is 16.7. The molecule has 2 aliphatic heterocycles. The van der Waals surface area contributed by atoms with E-state index < -0.39 is 33.5 Å². The molecule has 8 nitrogen and oxygen atoms in total. The average molecular weight is 498 g/mol. The highest BCUT2D eigenvalue weighted by Gasteiger charge is 2.65. The van der Waals surface area contributed by atoms with Crippen LogP contribution < -0.4 is 5.73 Å². The number of ether oxygens (including phenoxy) is 1. The Morgan fingerprint density at radius 2 is 1.80 bits per heavy atom. The third kappa shape index (κ3) is 4.37. The molecule has 5 rings (SSSR count). The molecule has 0 aromatic heterocycles. The number of carbonyl (C=O) groups is 2. The van der Waals surface area contributed by atoms with Gasteiger partial charge in [-0.15, -0.1) is 0 Å². The fourth-order valence-corrected chi connectivity index (χ4v) is 7.24. The van der Waals surface area contributed by atoms with Gasteiger partial charge in [-0.2, -0.15) is 4.31 Å². The Hall–Kier alpha value is -2.75. The predicted octanol–water partition coefficient (Wildman–Crippen LogP) is 2.70. The van der Waals surface area contributed by atoms with Crippen LogP contribution in [0.1, 0.15) is 30.4 Å². The molecule has 1 aliphatic carbocycles. The number of hydrogen-bond acceptors (Lipinski definition) is 6. The molecule has 0 radical (unpaired) electrons. The number of ketones is 1. The van der Waals surface area contributed by atoms with Crippen molar-refractivity contribution < 1.29 is 22.7 Å². The van der Waals surface area contributed by atoms with Gasteiger partial charge in [-0.25, -0.2) is 13.2 Å². The van der Waals surface area contributed by atoms with Crippen LogP contribution in [-0.2, 0) is 26.2 Å². The minimum atomic E-state index is -3.80. The van der Waals surface area contributed by atoms with Gasteiger partial charge < -0.3 is 15.4 Å². The number of nitrogens with two attached hydrogens (primary N) is 1. The molecule has 1 amide bonds. The van der Waals surface area contributed by atoms with E-state index in [2.05, 4.69) is 0 Å². The molecule has 3 aliphatic rings. The molecule has 3 unspecified atom stereocenters. The van der Waals surface area contributed by atoms with Crippen molar-refractivity contribution in [2.45, 2.75) is 49.8 Å². The Morgan fingerprint density at radius 3 is 2.46 bits per heavy atom. The summed E-state index contributed by atoms with van der Waals surface area (Å²) in [6, 6.07) is 15.2. The molecule has 35 heavy (non-hydrogen) atoms. The van der Waals surface area contributed by atoms with Gasteiger partial charge in [0.25, 0.3) is 0 Å². The summed E-state index contributed by atoms with van der Waals surface area (Å²) in [5.41, 5.74) is 7.63. The highest BCUT2D eigenvalue weighted by atomic mass is 32.2. The molecular weight excluding hydrogens is 466 g/mol. The zero-order valence-electron chi connectivity index (χ0n) is 19.8. The molecule has 2 aromatic carbocycles. The fourth-order valence-electron chi connectivity index (χ4n) is 5.58. The van der Waals surface area contributed by atoms with E-state index in [1.807, 2.05) is 37.3 Å². The van der Waals surface area contributed by atoms with Gasteiger partial charge in [0, 0.05) is 37.0 Å². The molecule has 2 N–H and O–H groups in total. The number of Topliss-reactive ketones (excluding diaryl/α,β-unsaturated/α-hetero) is 1. The molecule has 1 spiro atoms.